The maximum absolute atomic E-state index is 3.56. The summed E-state index contributed by atoms with van der Waals surface area (Å²) in [7, 11) is 2.37. The van der Waals surface area contributed by atoms with E-state index >= 15 is 0 Å². The highest BCUT2D eigenvalue weighted by molar-refractivity contribution is 4.85. The molecule has 0 aromatic carbocycles. The average Bonchev–Trinajstić information content (AvgIpc) is 2.64. The van der Waals surface area contributed by atoms with Gasteiger partial charge in [0.1, 0.15) is 0 Å². The molecule has 1 saturated carbocycles. The van der Waals surface area contributed by atoms with E-state index in [1.165, 1.54) is 58.0 Å². The van der Waals surface area contributed by atoms with Crippen LogP contribution in [0.4, 0.5) is 0 Å². The zero-order chi connectivity index (χ0) is 13.9. The molecule has 1 N–H and O–H groups in total. The van der Waals surface area contributed by atoms with Gasteiger partial charge in [0.25, 0.3) is 0 Å². The summed E-state index contributed by atoms with van der Waals surface area (Å²) in [5.74, 6) is 0.926. The predicted molar refractivity (Wildman–Crippen MR) is 83.5 cm³/mol. The first kappa shape index (κ1) is 15.3. The Morgan fingerprint density at radius 3 is 2.26 bits per heavy atom. The van der Waals surface area contributed by atoms with E-state index < -0.39 is 0 Å². The number of piperidine rings is 1. The first-order valence-electron chi connectivity index (χ1n) is 8.41. The lowest BCUT2D eigenvalue weighted by atomic mass is 9.76. The van der Waals surface area contributed by atoms with Gasteiger partial charge in [-0.2, -0.15) is 0 Å². The Hall–Kier alpha value is -0.0800. The maximum atomic E-state index is 3.56. The lowest BCUT2D eigenvalue weighted by Gasteiger charge is -2.37. The van der Waals surface area contributed by atoms with Crippen molar-refractivity contribution < 1.29 is 0 Å². The Balaban J connectivity index is 1.87. The molecule has 0 bridgehead atoms. The number of hydrogen-bond donors (Lipinski definition) is 1. The molecule has 2 heteroatoms. The number of hydrogen-bond acceptors (Lipinski definition) is 2. The molecule has 1 aliphatic carbocycles. The molecular formula is C17H34N2. The molecule has 2 nitrogen and oxygen atoms in total. The molecule has 112 valence electrons. The van der Waals surface area contributed by atoms with Gasteiger partial charge in [-0.1, -0.05) is 27.2 Å². The molecule has 0 aromatic rings. The third-order valence-corrected chi connectivity index (χ3v) is 5.59. The van der Waals surface area contributed by atoms with E-state index in [0.717, 1.165) is 18.0 Å². The molecule has 0 radical (unpaired) electrons. The van der Waals surface area contributed by atoms with Gasteiger partial charge in [0.2, 0.25) is 0 Å². The molecule has 0 aromatic heterocycles. The number of nitrogens with zero attached hydrogens (tertiary/aromatic N) is 1. The smallest absolute Gasteiger partial charge is 0.0220 e. The molecule has 0 amide bonds. The zero-order valence-corrected chi connectivity index (χ0v) is 13.5. The van der Waals surface area contributed by atoms with Crippen molar-refractivity contribution in [3.8, 4) is 0 Å². The number of likely N-dealkylation sites (N-methyl/N-ethyl adjacent to an activating group) is 1. The predicted octanol–water partition coefficient (Wildman–Crippen LogP) is 3.67. The van der Waals surface area contributed by atoms with Gasteiger partial charge in [-0.05, 0) is 63.5 Å². The Bertz CT molecular complexity index is 263. The van der Waals surface area contributed by atoms with Crippen molar-refractivity contribution in [2.24, 2.45) is 11.3 Å². The SMILES string of the molecule is CN(C1CCCC(C(C)(C)C)CC1)C1CCCNC1. The Labute approximate surface area is 120 Å². The first-order chi connectivity index (χ1) is 8.98. The lowest BCUT2D eigenvalue weighted by Crippen LogP contribution is -2.48. The maximum Gasteiger partial charge on any atom is 0.0220 e. The largest absolute Gasteiger partial charge is 0.315 e. The highest BCUT2D eigenvalue weighted by atomic mass is 15.2. The van der Waals surface area contributed by atoms with Crippen LogP contribution < -0.4 is 5.32 Å². The molecule has 2 rings (SSSR count). The van der Waals surface area contributed by atoms with E-state index in [4.69, 9.17) is 0 Å². The highest BCUT2D eigenvalue weighted by Gasteiger charge is 2.31. The van der Waals surface area contributed by atoms with Crippen molar-refractivity contribution in [1.29, 1.82) is 0 Å². The molecule has 1 saturated heterocycles. The minimum atomic E-state index is 0.500. The van der Waals surface area contributed by atoms with Crippen LogP contribution >= 0.6 is 0 Å². The number of rotatable bonds is 2. The van der Waals surface area contributed by atoms with Crippen molar-refractivity contribution in [3.63, 3.8) is 0 Å². The molecule has 3 unspecified atom stereocenters. The summed E-state index contributed by atoms with van der Waals surface area (Å²) < 4.78 is 0. The van der Waals surface area contributed by atoms with Crippen molar-refractivity contribution in [3.05, 3.63) is 0 Å². The van der Waals surface area contributed by atoms with E-state index in [1.54, 1.807) is 0 Å². The van der Waals surface area contributed by atoms with Crippen LogP contribution in [0.1, 0.15) is 65.7 Å². The van der Waals surface area contributed by atoms with Crippen molar-refractivity contribution in [1.82, 2.24) is 10.2 Å². The molecule has 3 atom stereocenters. The molecule has 19 heavy (non-hydrogen) atoms. The highest BCUT2D eigenvalue weighted by Crippen LogP contribution is 2.38. The summed E-state index contributed by atoms with van der Waals surface area (Å²) >= 11 is 0. The fourth-order valence-corrected chi connectivity index (χ4v) is 4.03. The molecular weight excluding hydrogens is 232 g/mol. The van der Waals surface area contributed by atoms with E-state index in [2.05, 4.69) is 38.0 Å². The quantitative estimate of drug-likeness (QED) is 0.767. The first-order valence-corrected chi connectivity index (χ1v) is 8.41. The summed E-state index contributed by atoms with van der Waals surface area (Å²) in [6.07, 6.45) is 9.87. The second kappa shape index (κ2) is 6.58. The van der Waals surface area contributed by atoms with Gasteiger partial charge in [0.05, 0.1) is 0 Å². The van der Waals surface area contributed by atoms with E-state index in [-0.39, 0.29) is 0 Å². The van der Waals surface area contributed by atoms with Crippen LogP contribution in [0.3, 0.4) is 0 Å². The van der Waals surface area contributed by atoms with Crippen LogP contribution in [-0.4, -0.2) is 37.1 Å². The summed E-state index contributed by atoms with van der Waals surface area (Å²) in [6.45, 7) is 9.70. The summed E-state index contributed by atoms with van der Waals surface area (Å²) in [5.41, 5.74) is 0.500. The van der Waals surface area contributed by atoms with E-state index in [1.807, 2.05) is 0 Å². The summed E-state index contributed by atoms with van der Waals surface area (Å²) in [6, 6.07) is 1.61. The Morgan fingerprint density at radius 1 is 0.895 bits per heavy atom. The van der Waals surface area contributed by atoms with Crippen molar-refractivity contribution in [2.45, 2.75) is 77.8 Å². The zero-order valence-electron chi connectivity index (χ0n) is 13.5. The molecule has 2 fully saturated rings. The van der Waals surface area contributed by atoms with Crippen LogP contribution in [0.2, 0.25) is 0 Å². The fraction of sp³-hybridized carbons (Fsp3) is 1.00. The van der Waals surface area contributed by atoms with Gasteiger partial charge in [0.15, 0.2) is 0 Å². The Kier molecular flexibility index (Phi) is 5.30. The topological polar surface area (TPSA) is 15.3 Å². The molecule has 0 spiro atoms. The van der Waals surface area contributed by atoms with Gasteiger partial charge < -0.3 is 5.32 Å². The third-order valence-electron chi connectivity index (χ3n) is 5.59. The van der Waals surface area contributed by atoms with Crippen molar-refractivity contribution >= 4 is 0 Å². The molecule has 1 aliphatic heterocycles. The van der Waals surface area contributed by atoms with E-state index in [0.29, 0.717) is 5.41 Å². The second-order valence-corrected chi connectivity index (χ2v) is 7.89. The lowest BCUT2D eigenvalue weighted by molar-refractivity contribution is 0.130. The second-order valence-electron chi connectivity index (χ2n) is 7.89. The molecule has 1 heterocycles. The van der Waals surface area contributed by atoms with Gasteiger partial charge in [0, 0.05) is 18.6 Å². The standard InChI is InChI=1S/C17H34N2/c1-17(2,3)14-7-5-8-15(11-10-14)19(4)16-9-6-12-18-13-16/h14-16,18H,5-13H2,1-4H3. The van der Waals surface area contributed by atoms with Crippen molar-refractivity contribution in [2.75, 3.05) is 20.1 Å². The van der Waals surface area contributed by atoms with Crippen LogP contribution in [0.15, 0.2) is 0 Å². The monoisotopic (exact) mass is 266 g/mol. The minimum absolute atomic E-state index is 0.500. The number of nitrogens with one attached hydrogen (secondary N) is 1. The van der Waals surface area contributed by atoms with Crippen LogP contribution in [-0.2, 0) is 0 Å². The minimum Gasteiger partial charge on any atom is -0.315 e. The average molecular weight is 266 g/mol. The van der Waals surface area contributed by atoms with Gasteiger partial charge in [-0.3, -0.25) is 4.90 Å². The normalized spacial score (nSPS) is 34.3. The van der Waals surface area contributed by atoms with Gasteiger partial charge >= 0.3 is 0 Å². The van der Waals surface area contributed by atoms with Crippen LogP contribution in [0.25, 0.3) is 0 Å². The van der Waals surface area contributed by atoms with Gasteiger partial charge in [-0.25, -0.2) is 0 Å². The van der Waals surface area contributed by atoms with Gasteiger partial charge in [-0.15, -0.1) is 0 Å². The summed E-state index contributed by atoms with van der Waals surface area (Å²) in [4.78, 5) is 2.71. The fourth-order valence-electron chi connectivity index (χ4n) is 4.03. The van der Waals surface area contributed by atoms with Crippen LogP contribution in [0.5, 0.6) is 0 Å². The van der Waals surface area contributed by atoms with Crippen LogP contribution in [0, 0.1) is 11.3 Å². The Morgan fingerprint density at radius 2 is 1.63 bits per heavy atom. The molecule has 2 aliphatic rings. The third kappa shape index (κ3) is 4.19. The van der Waals surface area contributed by atoms with E-state index in [9.17, 15) is 0 Å². The summed E-state index contributed by atoms with van der Waals surface area (Å²) in [5, 5.41) is 3.56.